The Morgan fingerprint density at radius 2 is 0.727 bits per heavy atom. The number of aliphatic carboxylic acids is 4. The fraction of sp³-hybridized carbons (Fsp3) is 0.600. The van der Waals surface area contributed by atoms with Gasteiger partial charge < -0.3 is 34.7 Å². The molecule has 0 unspecified atom stereocenters. The zero-order chi connectivity index (χ0) is 17.7. The summed E-state index contributed by atoms with van der Waals surface area (Å²) >= 11 is 0. The monoisotopic (exact) mass is 350 g/mol. The molecule has 0 spiro atoms. The summed E-state index contributed by atoms with van der Waals surface area (Å²) in [6.07, 6.45) is 0. The molecule has 0 rings (SSSR count). The first-order valence-corrected chi connectivity index (χ1v) is 5.03. The molecule has 12 heteroatoms. The first kappa shape index (κ1) is 43.1. The molecule has 0 aromatic heterocycles. The second kappa shape index (κ2) is 42.8. The number of carboxylic acid groups (broad SMARTS) is 4. The maximum Gasteiger partial charge on any atom is 1.00 e. The van der Waals surface area contributed by atoms with Crippen LogP contribution in [0.15, 0.2) is 0 Å². The second-order valence-electron chi connectivity index (χ2n) is 2.65. The zero-order valence-electron chi connectivity index (χ0n) is 18.0. The van der Waals surface area contributed by atoms with E-state index in [0.29, 0.717) is 13.1 Å². The molecule has 0 radical (unpaired) electrons. The average molecular weight is 350 g/mol. The van der Waals surface area contributed by atoms with Crippen molar-refractivity contribution >= 4 is 23.9 Å². The summed E-state index contributed by atoms with van der Waals surface area (Å²) in [6.45, 7) is 5.53. The van der Waals surface area contributed by atoms with Crippen molar-refractivity contribution in [1.82, 2.24) is 0 Å². The molecule has 0 aliphatic heterocycles. The van der Waals surface area contributed by atoms with Crippen molar-refractivity contribution in [2.75, 3.05) is 13.1 Å². The first-order valence-electron chi connectivity index (χ1n) is 5.03. The van der Waals surface area contributed by atoms with E-state index in [1.807, 2.05) is 0 Å². The Hall–Kier alpha value is -0.200. The van der Waals surface area contributed by atoms with Crippen molar-refractivity contribution in [2.45, 2.75) is 27.7 Å². The summed E-state index contributed by atoms with van der Waals surface area (Å²) in [6, 6.07) is 0. The van der Waals surface area contributed by atoms with Gasteiger partial charge in [0.1, 0.15) is 0 Å². The summed E-state index contributed by atoms with van der Waals surface area (Å²) in [5.74, 6) is -3.33. The quantitative estimate of drug-likeness (QED) is 0.247. The molecule has 0 aliphatic carbocycles. The Bertz CT molecular complexity index is 215. The van der Waals surface area contributed by atoms with Crippen molar-refractivity contribution in [1.29, 1.82) is 0 Å². The summed E-state index contributed by atoms with van der Waals surface area (Å²) < 4.78 is 0. The first-order chi connectivity index (χ1) is 8.84. The van der Waals surface area contributed by atoms with Crippen molar-refractivity contribution in [3.05, 3.63) is 0 Å². The van der Waals surface area contributed by atoms with Crippen LogP contribution in [-0.4, -0.2) is 57.4 Å². The minimum absolute atomic E-state index is 0. The predicted molar refractivity (Wildman–Crippen MR) is 75.8 cm³/mol. The van der Waals surface area contributed by atoms with Gasteiger partial charge in [0.15, 0.2) is 0 Å². The Kier molecular flexibility index (Phi) is 83.8. The van der Waals surface area contributed by atoms with Crippen LogP contribution in [-0.2, 0) is 19.2 Å². The van der Waals surface area contributed by atoms with Crippen LogP contribution >= 0.6 is 0 Å². The molecule has 0 saturated carbocycles. The molecule has 22 heavy (non-hydrogen) atoms. The number of nitrogens with two attached hydrogens (primary N) is 2. The van der Waals surface area contributed by atoms with Crippen LogP contribution in [0.1, 0.15) is 33.4 Å². The van der Waals surface area contributed by atoms with Gasteiger partial charge in [0.05, 0.1) is 0 Å². The van der Waals surface area contributed by atoms with Gasteiger partial charge in [-0.2, -0.15) is 0 Å². The van der Waals surface area contributed by atoms with Crippen LogP contribution in [0.25, 0.3) is 0 Å². The van der Waals surface area contributed by atoms with Gasteiger partial charge in [-0.3, -0.25) is 19.2 Å². The summed E-state index contributed by atoms with van der Waals surface area (Å²) in [7, 11) is 0. The molecule has 0 aromatic carbocycles. The van der Waals surface area contributed by atoms with Gasteiger partial charge in [0, 0.05) is 40.8 Å². The van der Waals surface area contributed by atoms with E-state index in [9.17, 15) is 0 Å². The van der Waals surface area contributed by atoms with Gasteiger partial charge >= 0.3 is 62.0 Å². The van der Waals surface area contributed by atoms with Crippen molar-refractivity contribution < 1.29 is 104 Å². The van der Waals surface area contributed by atoms with E-state index in [1.165, 1.54) is 0 Å². The van der Waals surface area contributed by atoms with Crippen LogP contribution in [0.5, 0.6) is 0 Å². The molecular formula is C10H28N2Na2O8+2. The molecule has 0 saturated heterocycles. The van der Waals surface area contributed by atoms with Crippen LogP contribution in [0.2, 0.25) is 0 Å². The average Bonchev–Trinajstić information content (AvgIpc) is 2.13. The number of carbonyl (C=O) groups is 4. The topological polar surface area (TPSA) is 201 Å². The Labute approximate surface area is 179 Å². The zero-order valence-corrected chi connectivity index (χ0v) is 18.0. The second-order valence-corrected chi connectivity index (χ2v) is 2.65. The fourth-order valence-electron chi connectivity index (χ4n) is 0. The summed E-state index contributed by atoms with van der Waals surface area (Å²) in [4.78, 5) is 36.0. The van der Waals surface area contributed by atoms with Crippen LogP contribution in [0.4, 0.5) is 0 Å². The van der Waals surface area contributed by atoms with E-state index in [-0.39, 0.29) is 64.8 Å². The molecule has 0 aromatic rings. The third kappa shape index (κ3) is 10900. The SMILES string of the molecule is CC(=O)O.CC(=O)O.CC(=O)O.CC(=O)O.NCCN.[H+].[H+].[H-].[H-].[Na+].[Na+]. The number of hydrogen-bond acceptors (Lipinski definition) is 6. The molecule has 8 N–H and O–H groups in total. The number of hydrogen-bond donors (Lipinski definition) is 6. The maximum atomic E-state index is 9.00. The standard InChI is InChI=1S/C2H8N2.4C2H4O2.2Na.2H/c3-1-2-4;4*1-2(3)4;;;;/h1-4H2;4*1H3,(H,3,4);;;;/q;;;;;2*+1;2*-1/p+2. The van der Waals surface area contributed by atoms with Gasteiger partial charge in [-0.25, -0.2) is 0 Å². The molecule has 0 heterocycles. The number of rotatable bonds is 1. The van der Waals surface area contributed by atoms with Gasteiger partial charge in [0.25, 0.3) is 23.9 Å². The van der Waals surface area contributed by atoms with E-state index >= 15 is 0 Å². The molecule has 126 valence electrons. The van der Waals surface area contributed by atoms with Crippen LogP contribution in [0, 0.1) is 0 Å². The van der Waals surface area contributed by atoms with Crippen LogP contribution in [0.3, 0.4) is 0 Å². The minimum atomic E-state index is -0.833. The van der Waals surface area contributed by atoms with Crippen LogP contribution < -0.4 is 70.6 Å². The van der Waals surface area contributed by atoms with Crippen molar-refractivity contribution in [3.63, 3.8) is 0 Å². The Morgan fingerprint density at radius 1 is 0.682 bits per heavy atom. The van der Waals surface area contributed by atoms with Gasteiger partial charge in [-0.1, -0.05) is 0 Å². The van der Waals surface area contributed by atoms with E-state index in [4.69, 9.17) is 51.1 Å². The molecule has 0 amide bonds. The van der Waals surface area contributed by atoms with E-state index in [1.54, 1.807) is 0 Å². The molecule has 10 nitrogen and oxygen atoms in total. The van der Waals surface area contributed by atoms with Crippen molar-refractivity contribution in [2.24, 2.45) is 11.5 Å². The van der Waals surface area contributed by atoms with E-state index in [2.05, 4.69) is 0 Å². The van der Waals surface area contributed by atoms with E-state index < -0.39 is 23.9 Å². The Balaban J connectivity index is -0.0000000114. The number of carboxylic acids is 4. The Morgan fingerprint density at radius 3 is 0.727 bits per heavy atom. The normalized spacial score (nSPS) is 5.91. The predicted octanol–water partition coefficient (Wildman–Crippen LogP) is -6.27. The largest absolute Gasteiger partial charge is 1.00 e. The summed E-state index contributed by atoms with van der Waals surface area (Å²) in [5.41, 5.74) is 9.81. The van der Waals surface area contributed by atoms with Crippen molar-refractivity contribution in [3.8, 4) is 0 Å². The smallest absolute Gasteiger partial charge is 1.00 e. The molecule has 0 fully saturated rings. The third-order valence-electron chi connectivity index (χ3n) is 0.167. The molecule has 0 aliphatic rings. The van der Waals surface area contributed by atoms with E-state index in [0.717, 1.165) is 27.7 Å². The fourth-order valence-corrected chi connectivity index (χ4v) is 0. The molecule has 0 atom stereocenters. The maximum absolute atomic E-state index is 9.00. The third-order valence-corrected chi connectivity index (χ3v) is 0.167. The van der Waals surface area contributed by atoms with Gasteiger partial charge in [-0.05, 0) is 0 Å². The summed E-state index contributed by atoms with van der Waals surface area (Å²) in [5, 5.41) is 29.7. The molecular weight excluding hydrogens is 322 g/mol. The van der Waals surface area contributed by atoms with Gasteiger partial charge in [-0.15, -0.1) is 0 Å². The molecule has 0 bridgehead atoms. The minimum Gasteiger partial charge on any atom is -1.00 e. The van der Waals surface area contributed by atoms with Gasteiger partial charge in [0.2, 0.25) is 0 Å².